The van der Waals surface area contributed by atoms with Crippen LogP contribution >= 0.6 is 0 Å². The molecule has 7 heteroatoms. The molecule has 0 saturated carbocycles. The van der Waals surface area contributed by atoms with Gasteiger partial charge < -0.3 is 9.73 Å². The maximum Gasteiger partial charge on any atom is 0.269 e. The quantitative estimate of drug-likeness (QED) is 0.655. The van der Waals surface area contributed by atoms with Crippen molar-refractivity contribution in [3.8, 4) is 11.5 Å². The minimum atomic E-state index is -0.449. The first-order valence-corrected chi connectivity index (χ1v) is 5.87. The first-order valence-electron chi connectivity index (χ1n) is 5.87. The van der Waals surface area contributed by atoms with Gasteiger partial charge in [0.15, 0.2) is 0 Å². The molecule has 19 heavy (non-hydrogen) atoms. The Morgan fingerprint density at radius 3 is 2.58 bits per heavy atom. The highest BCUT2D eigenvalue weighted by molar-refractivity contribution is 5.55. The molecule has 1 aromatic carbocycles. The van der Waals surface area contributed by atoms with Crippen LogP contribution in [0.4, 0.5) is 5.69 Å². The summed E-state index contributed by atoms with van der Waals surface area (Å²) >= 11 is 0. The predicted molar refractivity (Wildman–Crippen MR) is 68.4 cm³/mol. The Labute approximate surface area is 109 Å². The molecule has 2 rings (SSSR count). The van der Waals surface area contributed by atoms with Crippen LogP contribution in [0.3, 0.4) is 0 Å². The summed E-state index contributed by atoms with van der Waals surface area (Å²) in [6, 6.07) is 6.32. The summed E-state index contributed by atoms with van der Waals surface area (Å²) < 4.78 is 5.47. The number of non-ortho nitro benzene ring substituents is 1. The van der Waals surface area contributed by atoms with Crippen molar-refractivity contribution in [2.45, 2.75) is 26.4 Å². The fraction of sp³-hybridized carbons (Fsp3) is 0.333. The van der Waals surface area contributed by atoms with Gasteiger partial charge in [-0.2, -0.15) is 0 Å². The summed E-state index contributed by atoms with van der Waals surface area (Å²) in [5.74, 6) is 0.845. The van der Waals surface area contributed by atoms with Crippen molar-refractivity contribution in [2.75, 3.05) is 0 Å². The number of rotatable bonds is 5. The van der Waals surface area contributed by atoms with Gasteiger partial charge in [0.25, 0.3) is 5.69 Å². The highest BCUT2D eigenvalue weighted by Gasteiger charge is 2.11. The summed E-state index contributed by atoms with van der Waals surface area (Å²) in [4.78, 5) is 10.1. The van der Waals surface area contributed by atoms with Gasteiger partial charge >= 0.3 is 0 Å². The second kappa shape index (κ2) is 5.57. The van der Waals surface area contributed by atoms with E-state index in [-0.39, 0.29) is 5.69 Å². The Hall–Kier alpha value is -2.28. The first kappa shape index (κ1) is 13.2. The average Bonchev–Trinajstić information content (AvgIpc) is 2.85. The number of aromatic nitrogens is 2. The maximum atomic E-state index is 10.5. The van der Waals surface area contributed by atoms with Gasteiger partial charge in [-0.05, 0) is 12.1 Å². The molecule has 0 fully saturated rings. The fourth-order valence-corrected chi connectivity index (χ4v) is 1.46. The monoisotopic (exact) mass is 262 g/mol. The molecule has 0 unspecified atom stereocenters. The molecule has 0 atom stereocenters. The highest BCUT2D eigenvalue weighted by Crippen LogP contribution is 2.21. The molecular formula is C12H14N4O3. The SMILES string of the molecule is CC(C)NCc1nnc(-c2ccc([N+](=O)[O-])cc2)o1. The number of nitrogens with one attached hydrogen (secondary N) is 1. The van der Waals surface area contributed by atoms with E-state index in [0.29, 0.717) is 29.9 Å². The zero-order valence-corrected chi connectivity index (χ0v) is 10.7. The highest BCUT2D eigenvalue weighted by atomic mass is 16.6. The number of nitro groups is 1. The molecule has 0 spiro atoms. The standard InChI is InChI=1S/C12H14N4O3/c1-8(2)13-7-11-14-15-12(19-11)9-3-5-10(6-4-9)16(17)18/h3-6,8,13H,7H2,1-2H3. The summed E-state index contributed by atoms with van der Waals surface area (Å²) in [6.07, 6.45) is 0. The van der Waals surface area contributed by atoms with Crippen LogP contribution < -0.4 is 5.32 Å². The van der Waals surface area contributed by atoms with E-state index in [1.807, 2.05) is 13.8 Å². The van der Waals surface area contributed by atoms with E-state index < -0.39 is 4.92 Å². The van der Waals surface area contributed by atoms with E-state index in [1.165, 1.54) is 12.1 Å². The van der Waals surface area contributed by atoms with E-state index in [2.05, 4.69) is 15.5 Å². The van der Waals surface area contributed by atoms with Gasteiger partial charge in [0.1, 0.15) is 0 Å². The van der Waals surface area contributed by atoms with Crippen molar-refractivity contribution in [3.05, 3.63) is 40.3 Å². The van der Waals surface area contributed by atoms with Crippen LogP contribution in [0.5, 0.6) is 0 Å². The Morgan fingerprint density at radius 1 is 1.32 bits per heavy atom. The average molecular weight is 262 g/mol. The molecule has 100 valence electrons. The zero-order chi connectivity index (χ0) is 13.8. The van der Waals surface area contributed by atoms with Gasteiger partial charge in [-0.3, -0.25) is 10.1 Å². The number of hydrogen-bond donors (Lipinski definition) is 1. The largest absolute Gasteiger partial charge is 0.419 e. The third-order valence-electron chi connectivity index (χ3n) is 2.45. The third-order valence-corrected chi connectivity index (χ3v) is 2.45. The Morgan fingerprint density at radius 2 is 2.00 bits per heavy atom. The molecule has 2 aromatic rings. The van der Waals surface area contributed by atoms with Crippen molar-refractivity contribution >= 4 is 5.69 Å². The predicted octanol–water partition coefficient (Wildman–Crippen LogP) is 2.14. The summed E-state index contributed by atoms with van der Waals surface area (Å²) in [7, 11) is 0. The number of nitro benzene ring substituents is 1. The van der Waals surface area contributed by atoms with E-state index in [1.54, 1.807) is 12.1 Å². The van der Waals surface area contributed by atoms with Crippen LogP contribution in [-0.2, 0) is 6.54 Å². The van der Waals surface area contributed by atoms with E-state index in [9.17, 15) is 10.1 Å². The molecule has 0 saturated heterocycles. The van der Waals surface area contributed by atoms with Gasteiger partial charge in [-0.1, -0.05) is 13.8 Å². The topological polar surface area (TPSA) is 94.1 Å². The molecular weight excluding hydrogens is 248 g/mol. The second-order valence-corrected chi connectivity index (χ2v) is 4.34. The smallest absolute Gasteiger partial charge is 0.269 e. The van der Waals surface area contributed by atoms with Gasteiger partial charge in [-0.15, -0.1) is 10.2 Å². The van der Waals surface area contributed by atoms with Gasteiger partial charge in [0, 0.05) is 23.7 Å². The van der Waals surface area contributed by atoms with E-state index in [0.717, 1.165) is 0 Å². The number of benzene rings is 1. The molecule has 1 aromatic heterocycles. The molecule has 0 aliphatic carbocycles. The lowest BCUT2D eigenvalue weighted by molar-refractivity contribution is -0.384. The fourth-order valence-electron chi connectivity index (χ4n) is 1.46. The Balaban J connectivity index is 2.11. The van der Waals surface area contributed by atoms with Crippen LogP contribution in [0.2, 0.25) is 0 Å². The minimum Gasteiger partial charge on any atom is -0.419 e. The lowest BCUT2D eigenvalue weighted by atomic mass is 10.2. The van der Waals surface area contributed by atoms with Crippen molar-refractivity contribution in [1.29, 1.82) is 0 Å². The molecule has 0 bridgehead atoms. The van der Waals surface area contributed by atoms with Crippen LogP contribution in [0.25, 0.3) is 11.5 Å². The second-order valence-electron chi connectivity index (χ2n) is 4.34. The molecule has 0 amide bonds. The Bertz CT molecular complexity index is 563. The van der Waals surface area contributed by atoms with E-state index >= 15 is 0 Å². The lowest BCUT2D eigenvalue weighted by Gasteiger charge is -2.03. The maximum absolute atomic E-state index is 10.5. The Kier molecular flexibility index (Phi) is 3.86. The van der Waals surface area contributed by atoms with Crippen LogP contribution in [-0.4, -0.2) is 21.2 Å². The van der Waals surface area contributed by atoms with Crippen LogP contribution in [0.1, 0.15) is 19.7 Å². The summed E-state index contributed by atoms with van der Waals surface area (Å²) in [5.41, 5.74) is 0.693. The van der Waals surface area contributed by atoms with Gasteiger partial charge in [0.05, 0.1) is 11.5 Å². The zero-order valence-electron chi connectivity index (χ0n) is 10.7. The third kappa shape index (κ3) is 3.35. The molecule has 1 heterocycles. The number of hydrogen-bond acceptors (Lipinski definition) is 6. The van der Waals surface area contributed by atoms with Crippen molar-refractivity contribution in [1.82, 2.24) is 15.5 Å². The van der Waals surface area contributed by atoms with E-state index in [4.69, 9.17) is 4.42 Å². The minimum absolute atomic E-state index is 0.0324. The molecule has 0 aliphatic heterocycles. The molecule has 7 nitrogen and oxygen atoms in total. The summed E-state index contributed by atoms with van der Waals surface area (Å²) in [6.45, 7) is 4.54. The van der Waals surface area contributed by atoms with Crippen LogP contribution in [0, 0.1) is 10.1 Å². The lowest BCUT2D eigenvalue weighted by Crippen LogP contribution is -2.21. The molecule has 0 aliphatic rings. The molecule has 1 N–H and O–H groups in total. The van der Waals surface area contributed by atoms with Crippen LogP contribution in [0.15, 0.2) is 28.7 Å². The van der Waals surface area contributed by atoms with Crippen molar-refractivity contribution in [2.24, 2.45) is 0 Å². The first-order chi connectivity index (χ1) is 9.06. The summed E-state index contributed by atoms with van der Waals surface area (Å²) in [5, 5.41) is 21.5. The van der Waals surface area contributed by atoms with Crippen molar-refractivity contribution < 1.29 is 9.34 Å². The normalized spacial score (nSPS) is 10.9. The van der Waals surface area contributed by atoms with Gasteiger partial charge in [0.2, 0.25) is 11.8 Å². The number of nitrogens with zero attached hydrogens (tertiary/aromatic N) is 3. The molecule has 0 radical (unpaired) electrons. The van der Waals surface area contributed by atoms with Crippen molar-refractivity contribution in [3.63, 3.8) is 0 Å². The van der Waals surface area contributed by atoms with Gasteiger partial charge in [-0.25, -0.2) is 0 Å².